The van der Waals surface area contributed by atoms with Crippen molar-refractivity contribution in [3.05, 3.63) is 47.6 Å². The zero-order chi connectivity index (χ0) is 54.4. The zero-order valence-electron chi connectivity index (χ0n) is 39.5. The monoisotopic (exact) mass is 1090 g/mol. The van der Waals surface area contributed by atoms with Crippen LogP contribution < -0.4 is 0 Å². The SMILES string of the molecule is OC[C@@H]1O[C@H](c2cn([C@@H]3[C@@H](O)[C@H](O)[C@@H](n4cc([C@@H]5O[C@H](CO)[C@@H](n6cc(CO[C@@H]7O[C@H](CO)[C@H](O)[C@H](O)[C@H]7O)nn6)[C@H](O)[C@H]5O)nn4)O[C@H]3CO)nn2)[C@@H](O)[C@H](O)[C@H]1n1cc(CO[C@H]2O[C@H](CO)[C@@H](O)[C@@H](O)[C@@H]2O)nn1. The molecule has 5 fully saturated rings. The molecule has 0 unspecified atom stereocenters. The summed E-state index contributed by atoms with van der Waals surface area (Å²) in [4.78, 5) is 0. The number of nitrogens with zero attached hydrogens (tertiary/aromatic N) is 12. The summed E-state index contributed by atoms with van der Waals surface area (Å²) in [7, 11) is 0. The minimum Gasteiger partial charge on any atom is -0.394 e. The fourth-order valence-corrected chi connectivity index (χ4v) is 9.88. The number of aliphatic hydroxyl groups is 17. The number of hydrogen-bond donors (Lipinski definition) is 17. The van der Waals surface area contributed by atoms with Gasteiger partial charge in [0.2, 0.25) is 0 Å². The van der Waals surface area contributed by atoms with Gasteiger partial charge in [0, 0.05) is 0 Å². The highest BCUT2D eigenvalue weighted by molar-refractivity contribution is 5.11. The van der Waals surface area contributed by atoms with Crippen molar-refractivity contribution >= 4 is 0 Å². The molecule has 0 radical (unpaired) electrons. The summed E-state index contributed by atoms with van der Waals surface area (Å²) >= 11 is 0. The number of aliphatic hydroxyl groups excluding tert-OH is 17. The van der Waals surface area contributed by atoms with Gasteiger partial charge in [0.15, 0.2) is 18.8 Å². The summed E-state index contributed by atoms with van der Waals surface area (Å²) < 4.78 is 43.8. The van der Waals surface area contributed by atoms with Crippen molar-refractivity contribution in [2.75, 3.05) is 33.0 Å². The molecule has 0 saturated carbocycles. The van der Waals surface area contributed by atoms with E-state index in [1.807, 2.05) is 0 Å². The van der Waals surface area contributed by atoms with Gasteiger partial charge in [-0.25, -0.2) is 18.7 Å². The number of hydrogen-bond acceptors (Lipinski definition) is 32. The largest absolute Gasteiger partial charge is 0.394 e. The molecule has 76 heavy (non-hydrogen) atoms. The Hall–Kier alpha value is -4.40. The summed E-state index contributed by atoms with van der Waals surface area (Å²) in [5, 5.41) is 211. The lowest BCUT2D eigenvalue weighted by Gasteiger charge is -2.42. The van der Waals surface area contributed by atoms with Crippen molar-refractivity contribution in [2.24, 2.45) is 0 Å². The second-order valence-electron chi connectivity index (χ2n) is 18.9. The Morgan fingerprint density at radius 3 is 1.13 bits per heavy atom. The highest BCUT2D eigenvalue weighted by Gasteiger charge is 2.52. The lowest BCUT2D eigenvalue weighted by atomic mass is 9.91. The molecule has 5 aliphatic rings. The van der Waals surface area contributed by atoms with Crippen LogP contribution in [0.4, 0.5) is 0 Å². The number of aromatic nitrogens is 12. The van der Waals surface area contributed by atoms with Crippen LogP contribution in [-0.4, -0.2) is 296 Å². The third-order valence-corrected chi connectivity index (χ3v) is 14.1. The summed E-state index contributed by atoms with van der Waals surface area (Å²) in [6.45, 7) is -4.39. The predicted molar refractivity (Wildman–Crippen MR) is 231 cm³/mol. The first-order valence-electron chi connectivity index (χ1n) is 23.8. The highest BCUT2D eigenvalue weighted by atomic mass is 16.7. The zero-order valence-corrected chi connectivity index (χ0v) is 39.5. The number of ether oxygens (including phenoxy) is 7. The summed E-state index contributed by atoms with van der Waals surface area (Å²) in [6, 6.07) is -3.89. The molecule has 9 heterocycles. The second-order valence-corrected chi connectivity index (χ2v) is 18.9. The molecular formula is C40H60N12O24. The van der Waals surface area contributed by atoms with Gasteiger partial charge in [0.05, 0.1) is 71.0 Å². The summed E-state index contributed by atoms with van der Waals surface area (Å²) in [6.07, 6.45) is -29.5. The standard InChI is InChI=1S/C40H60N12O24/c53-5-16-21(49-1-12(41-45-49)10-70-39-34(68)29(63)24(58)19(8-56)75-39)26(60)31(65)36(72-16)14-3-51(47-43-14)23-18(7-55)74-38(33(67)28(23)62)52-4-15(44-48-52)37-32(66)27(61)22(17(6-54)73-37)50-2-13(42-46-50)11-71-40-35(69)30(64)25(59)20(9-57)76-40/h1-4,16-40,53-69H,5-11H2/t16-,17+,18-,19+,20+,21-,22+,23-,24+,25-,26+,27-,28+,29+,30-,31-,32+,33-,34-,35+,36+,37-,38-,39-,40+/m0/s1. The van der Waals surface area contributed by atoms with Gasteiger partial charge in [0.1, 0.15) is 157 Å². The Kier molecular flexibility index (Phi) is 17.4. The van der Waals surface area contributed by atoms with Crippen molar-refractivity contribution in [2.45, 2.75) is 166 Å². The lowest BCUT2D eigenvalue weighted by Crippen LogP contribution is -2.59. The van der Waals surface area contributed by atoms with Gasteiger partial charge in [-0.1, -0.05) is 20.9 Å². The second kappa shape index (κ2) is 23.5. The van der Waals surface area contributed by atoms with Crippen LogP contribution in [0.1, 0.15) is 59.3 Å². The fraction of sp³-hybridized carbons (Fsp3) is 0.800. The molecular weight excluding hydrogens is 1030 g/mol. The Morgan fingerprint density at radius 2 is 0.711 bits per heavy atom. The van der Waals surface area contributed by atoms with Crippen molar-refractivity contribution in [3.63, 3.8) is 0 Å². The summed E-state index contributed by atoms with van der Waals surface area (Å²) in [5.41, 5.74) is -0.0747. The first kappa shape index (κ1) is 56.3. The van der Waals surface area contributed by atoms with Crippen LogP contribution in [0.15, 0.2) is 24.8 Å². The van der Waals surface area contributed by atoms with Crippen LogP contribution in [0.5, 0.6) is 0 Å². The van der Waals surface area contributed by atoms with Crippen LogP contribution in [0.25, 0.3) is 0 Å². The van der Waals surface area contributed by atoms with E-state index < -0.39 is 186 Å². The maximum Gasteiger partial charge on any atom is 0.187 e. The van der Waals surface area contributed by atoms with Gasteiger partial charge >= 0.3 is 0 Å². The molecule has 0 spiro atoms. The Morgan fingerprint density at radius 1 is 0.355 bits per heavy atom. The maximum absolute atomic E-state index is 11.5. The minimum atomic E-state index is -1.84. The van der Waals surface area contributed by atoms with Crippen LogP contribution in [-0.2, 0) is 46.4 Å². The van der Waals surface area contributed by atoms with E-state index in [0.717, 1.165) is 18.7 Å². The average Bonchev–Trinajstić information content (AvgIpc) is 4.29. The van der Waals surface area contributed by atoms with E-state index in [4.69, 9.17) is 33.2 Å². The molecule has 36 nitrogen and oxygen atoms in total. The molecule has 36 heteroatoms. The molecule has 5 aliphatic heterocycles. The van der Waals surface area contributed by atoms with E-state index in [-0.39, 0.29) is 36.0 Å². The van der Waals surface area contributed by atoms with Crippen molar-refractivity contribution in [1.82, 2.24) is 60.0 Å². The number of rotatable bonds is 17. The van der Waals surface area contributed by atoms with Gasteiger partial charge in [-0.15, -0.1) is 20.4 Å². The fourth-order valence-electron chi connectivity index (χ4n) is 9.88. The van der Waals surface area contributed by atoms with Gasteiger partial charge in [-0.2, -0.15) is 0 Å². The van der Waals surface area contributed by atoms with Crippen molar-refractivity contribution in [3.8, 4) is 0 Å². The van der Waals surface area contributed by atoms with Crippen LogP contribution in [0, 0.1) is 0 Å². The third kappa shape index (κ3) is 10.6. The third-order valence-electron chi connectivity index (χ3n) is 14.1. The van der Waals surface area contributed by atoms with Gasteiger partial charge in [0.25, 0.3) is 0 Å². The van der Waals surface area contributed by atoms with Crippen LogP contribution in [0.3, 0.4) is 0 Å². The molecule has 4 aromatic rings. The predicted octanol–water partition coefficient (Wildman–Crippen LogP) is -11.7. The van der Waals surface area contributed by atoms with Gasteiger partial charge in [-0.05, 0) is 0 Å². The van der Waals surface area contributed by atoms with E-state index in [0.29, 0.717) is 0 Å². The smallest absolute Gasteiger partial charge is 0.187 e. The van der Waals surface area contributed by atoms with E-state index >= 15 is 0 Å². The van der Waals surface area contributed by atoms with E-state index in [2.05, 4.69) is 41.2 Å². The normalized spacial score (nSPS) is 42.4. The minimum absolute atomic E-state index is 0.0920. The van der Waals surface area contributed by atoms with Gasteiger partial charge < -0.3 is 120 Å². The molecule has 424 valence electrons. The molecule has 9 rings (SSSR count). The lowest BCUT2D eigenvalue weighted by molar-refractivity contribution is -0.304. The maximum atomic E-state index is 11.5. The molecule has 0 aliphatic carbocycles. The van der Waals surface area contributed by atoms with E-state index in [1.165, 1.54) is 24.8 Å². The molecule has 17 N–H and O–H groups in total. The molecule has 0 aromatic carbocycles. The van der Waals surface area contributed by atoms with Crippen LogP contribution in [0.2, 0.25) is 0 Å². The first-order valence-corrected chi connectivity index (χ1v) is 23.8. The first-order chi connectivity index (χ1) is 36.4. The Balaban J connectivity index is 0.821. The molecule has 25 atom stereocenters. The Bertz CT molecular complexity index is 2480. The highest BCUT2D eigenvalue weighted by Crippen LogP contribution is 2.41. The Labute approximate surface area is 426 Å². The summed E-state index contributed by atoms with van der Waals surface area (Å²) in [5.74, 6) is 0. The molecule has 5 saturated heterocycles. The quantitative estimate of drug-likeness (QED) is 0.0467. The van der Waals surface area contributed by atoms with E-state index in [1.54, 1.807) is 0 Å². The van der Waals surface area contributed by atoms with Crippen LogP contribution >= 0.6 is 0 Å². The molecule has 4 aromatic heterocycles. The van der Waals surface area contributed by atoms with E-state index in [9.17, 15) is 86.8 Å². The topological polar surface area (TPSA) is 531 Å². The molecule has 0 amide bonds. The van der Waals surface area contributed by atoms with Gasteiger partial charge in [-0.3, -0.25) is 0 Å². The molecule has 0 bridgehead atoms. The van der Waals surface area contributed by atoms with Crippen molar-refractivity contribution in [1.29, 1.82) is 0 Å². The van der Waals surface area contributed by atoms with Crippen molar-refractivity contribution < 1.29 is 120 Å². The average molecular weight is 1090 g/mol.